The van der Waals surface area contributed by atoms with Gasteiger partial charge in [-0.05, 0) is 42.8 Å². The lowest BCUT2D eigenvalue weighted by Crippen LogP contribution is -2.10. The Bertz CT molecular complexity index is 640. The average molecular weight is 318 g/mol. The van der Waals surface area contributed by atoms with Crippen molar-refractivity contribution in [1.82, 2.24) is 0 Å². The molecule has 1 atom stereocenters. The van der Waals surface area contributed by atoms with Crippen LogP contribution in [-0.4, -0.2) is 0 Å². The van der Waals surface area contributed by atoms with Crippen molar-refractivity contribution < 1.29 is 17.6 Å². The Balaban J connectivity index is 2.20. The molecule has 6 heteroatoms. The summed E-state index contributed by atoms with van der Waals surface area (Å²) < 4.78 is 51.2. The predicted molar refractivity (Wildman–Crippen MR) is 74.9 cm³/mol. The number of anilines is 1. The standard InChI is InChI=1S/C15H12ClF4N/c1-9(10-3-2-4-12(16)7-10)21-14-6-5-11(8-13(14)17)15(18,19)20/h2-9,21H,1H3. The fraction of sp³-hybridized carbons (Fsp3) is 0.200. The SMILES string of the molecule is CC(Nc1ccc(C(F)(F)F)cc1F)c1cccc(Cl)c1. The van der Waals surface area contributed by atoms with E-state index in [1.54, 1.807) is 31.2 Å². The van der Waals surface area contributed by atoms with Crippen LogP contribution >= 0.6 is 11.6 Å². The molecule has 0 radical (unpaired) electrons. The van der Waals surface area contributed by atoms with E-state index in [1.165, 1.54) is 0 Å². The third kappa shape index (κ3) is 3.88. The van der Waals surface area contributed by atoms with Gasteiger partial charge < -0.3 is 5.32 Å². The topological polar surface area (TPSA) is 12.0 Å². The number of benzene rings is 2. The first kappa shape index (κ1) is 15.6. The van der Waals surface area contributed by atoms with E-state index in [4.69, 9.17) is 11.6 Å². The highest BCUT2D eigenvalue weighted by Gasteiger charge is 2.31. The van der Waals surface area contributed by atoms with Gasteiger partial charge in [0.1, 0.15) is 5.82 Å². The number of nitrogens with one attached hydrogen (secondary N) is 1. The number of hydrogen-bond donors (Lipinski definition) is 1. The lowest BCUT2D eigenvalue weighted by Gasteiger charge is -2.17. The minimum absolute atomic E-state index is 0.00970. The second-order valence-corrected chi connectivity index (χ2v) is 5.05. The van der Waals surface area contributed by atoms with Gasteiger partial charge >= 0.3 is 6.18 Å². The van der Waals surface area contributed by atoms with Crippen LogP contribution in [0.2, 0.25) is 5.02 Å². The van der Waals surface area contributed by atoms with Crippen molar-refractivity contribution in [3.8, 4) is 0 Å². The molecule has 1 N–H and O–H groups in total. The van der Waals surface area contributed by atoms with Crippen LogP contribution < -0.4 is 5.32 Å². The van der Waals surface area contributed by atoms with Crippen molar-refractivity contribution in [2.45, 2.75) is 19.1 Å². The minimum atomic E-state index is -4.56. The van der Waals surface area contributed by atoms with Crippen molar-refractivity contribution in [3.05, 3.63) is 64.4 Å². The van der Waals surface area contributed by atoms with Gasteiger partial charge in [0.2, 0.25) is 0 Å². The van der Waals surface area contributed by atoms with E-state index in [0.717, 1.165) is 17.7 Å². The van der Waals surface area contributed by atoms with E-state index in [0.29, 0.717) is 11.1 Å². The molecule has 0 heterocycles. The van der Waals surface area contributed by atoms with Gasteiger partial charge in [-0.25, -0.2) is 4.39 Å². The maximum absolute atomic E-state index is 13.7. The van der Waals surface area contributed by atoms with Gasteiger partial charge in [-0.2, -0.15) is 13.2 Å². The highest BCUT2D eigenvalue weighted by molar-refractivity contribution is 6.30. The van der Waals surface area contributed by atoms with E-state index in [1.807, 2.05) is 0 Å². The lowest BCUT2D eigenvalue weighted by molar-refractivity contribution is -0.137. The van der Waals surface area contributed by atoms with Crippen LogP contribution in [0.15, 0.2) is 42.5 Å². The molecule has 0 aromatic heterocycles. The van der Waals surface area contributed by atoms with E-state index in [-0.39, 0.29) is 11.7 Å². The third-order valence-electron chi connectivity index (χ3n) is 3.02. The molecular formula is C15H12ClF4N. The molecule has 2 aromatic rings. The molecule has 0 bridgehead atoms. The Kier molecular flexibility index (Phi) is 4.42. The molecule has 1 nitrogen and oxygen atoms in total. The molecule has 1 unspecified atom stereocenters. The molecule has 0 saturated carbocycles. The van der Waals surface area contributed by atoms with Gasteiger partial charge in [0, 0.05) is 11.1 Å². The van der Waals surface area contributed by atoms with E-state index < -0.39 is 17.6 Å². The first-order valence-corrected chi connectivity index (χ1v) is 6.54. The largest absolute Gasteiger partial charge is 0.416 e. The molecule has 2 aromatic carbocycles. The van der Waals surface area contributed by atoms with Crippen LogP contribution in [0.4, 0.5) is 23.2 Å². The van der Waals surface area contributed by atoms with Crippen molar-refractivity contribution in [1.29, 1.82) is 0 Å². The highest BCUT2D eigenvalue weighted by Crippen LogP contribution is 2.32. The summed E-state index contributed by atoms with van der Waals surface area (Å²) in [5, 5.41) is 3.37. The quantitative estimate of drug-likeness (QED) is 0.719. The lowest BCUT2D eigenvalue weighted by atomic mass is 10.1. The van der Waals surface area contributed by atoms with Gasteiger partial charge in [-0.3, -0.25) is 0 Å². The minimum Gasteiger partial charge on any atom is -0.376 e. The van der Waals surface area contributed by atoms with E-state index in [9.17, 15) is 17.6 Å². The Morgan fingerprint density at radius 1 is 1.10 bits per heavy atom. The molecule has 21 heavy (non-hydrogen) atoms. The maximum atomic E-state index is 13.7. The van der Waals surface area contributed by atoms with E-state index in [2.05, 4.69) is 5.32 Å². The molecule has 112 valence electrons. The van der Waals surface area contributed by atoms with Gasteiger partial charge in [0.15, 0.2) is 0 Å². The molecule has 0 aliphatic heterocycles. The highest BCUT2D eigenvalue weighted by atomic mass is 35.5. The number of rotatable bonds is 3. The van der Waals surface area contributed by atoms with Crippen LogP contribution in [0.5, 0.6) is 0 Å². The Labute approximate surface area is 124 Å². The number of halogens is 5. The summed E-state index contributed by atoms with van der Waals surface area (Å²) in [6.45, 7) is 1.77. The Morgan fingerprint density at radius 2 is 1.81 bits per heavy atom. The first-order chi connectivity index (χ1) is 9.77. The first-order valence-electron chi connectivity index (χ1n) is 6.16. The zero-order valence-corrected chi connectivity index (χ0v) is 11.8. The van der Waals surface area contributed by atoms with Crippen molar-refractivity contribution in [2.24, 2.45) is 0 Å². The van der Waals surface area contributed by atoms with Gasteiger partial charge in [-0.15, -0.1) is 0 Å². The molecule has 0 amide bonds. The van der Waals surface area contributed by atoms with Gasteiger partial charge in [0.05, 0.1) is 11.3 Å². The zero-order valence-electron chi connectivity index (χ0n) is 11.0. The Morgan fingerprint density at radius 3 is 2.38 bits per heavy atom. The normalized spacial score (nSPS) is 13.0. The summed E-state index contributed by atoms with van der Waals surface area (Å²) in [5.74, 6) is -0.946. The molecule has 0 aliphatic carbocycles. The second-order valence-electron chi connectivity index (χ2n) is 4.61. The zero-order chi connectivity index (χ0) is 15.6. The third-order valence-corrected chi connectivity index (χ3v) is 3.25. The van der Waals surface area contributed by atoms with Crippen molar-refractivity contribution in [3.63, 3.8) is 0 Å². The Hall–Kier alpha value is -1.75. The molecule has 0 saturated heterocycles. The van der Waals surface area contributed by atoms with Crippen molar-refractivity contribution >= 4 is 17.3 Å². The van der Waals surface area contributed by atoms with Gasteiger partial charge in [-0.1, -0.05) is 23.7 Å². The summed E-state index contributed by atoms with van der Waals surface area (Å²) in [7, 11) is 0. The second kappa shape index (κ2) is 5.93. The molecule has 0 fully saturated rings. The van der Waals surface area contributed by atoms with Crippen LogP contribution in [0.25, 0.3) is 0 Å². The van der Waals surface area contributed by atoms with Crippen LogP contribution in [0, 0.1) is 5.82 Å². The molecule has 0 spiro atoms. The average Bonchev–Trinajstić information content (AvgIpc) is 2.39. The van der Waals surface area contributed by atoms with Gasteiger partial charge in [0.25, 0.3) is 0 Å². The summed E-state index contributed by atoms with van der Waals surface area (Å²) in [4.78, 5) is 0. The molecule has 2 rings (SSSR count). The predicted octanol–water partition coefficient (Wildman–Crippen LogP) is 5.67. The summed E-state index contributed by atoms with van der Waals surface area (Å²) in [6.07, 6.45) is -4.56. The fourth-order valence-electron chi connectivity index (χ4n) is 1.90. The molecular weight excluding hydrogens is 306 g/mol. The number of hydrogen-bond acceptors (Lipinski definition) is 1. The summed E-state index contributed by atoms with van der Waals surface area (Å²) in [6, 6.07) is 9.07. The van der Waals surface area contributed by atoms with Crippen LogP contribution in [0.3, 0.4) is 0 Å². The summed E-state index contributed by atoms with van der Waals surface area (Å²) in [5.41, 5.74) is -0.196. The summed E-state index contributed by atoms with van der Waals surface area (Å²) >= 11 is 5.87. The maximum Gasteiger partial charge on any atom is 0.416 e. The van der Waals surface area contributed by atoms with Crippen LogP contribution in [-0.2, 0) is 6.18 Å². The monoisotopic (exact) mass is 317 g/mol. The van der Waals surface area contributed by atoms with E-state index >= 15 is 0 Å². The molecule has 0 aliphatic rings. The smallest absolute Gasteiger partial charge is 0.376 e. The van der Waals surface area contributed by atoms with Crippen LogP contribution in [0.1, 0.15) is 24.1 Å². The fourth-order valence-corrected chi connectivity index (χ4v) is 2.10. The number of alkyl halides is 3. The van der Waals surface area contributed by atoms with Crippen molar-refractivity contribution in [2.75, 3.05) is 5.32 Å².